The van der Waals surface area contributed by atoms with Gasteiger partial charge in [-0.3, -0.25) is 19.9 Å². The zero-order valence-electron chi connectivity index (χ0n) is 11.7. The topological polar surface area (TPSA) is 115 Å². The second kappa shape index (κ2) is 7.34. The quantitative estimate of drug-likeness (QED) is 0.267. The third kappa shape index (κ3) is 3.93. The highest BCUT2D eigenvalue weighted by Crippen LogP contribution is 2.26. The maximum atomic E-state index is 12.2. The number of benzene rings is 1. The predicted octanol–water partition coefficient (Wildman–Crippen LogP) is 2.93. The molecule has 10 heteroatoms. The monoisotopic (exact) mass is 351 g/mol. The highest BCUT2D eigenvalue weighted by Gasteiger charge is 2.17. The molecule has 2 aromatic rings. The van der Waals surface area contributed by atoms with Gasteiger partial charge in [0.05, 0.1) is 22.6 Å². The smallest absolute Gasteiger partial charge is 0.317 e. The van der Waals surface area contributed by atoms with Gasteiger partial charge in [0.2, 0.25) is 5.75 Å². The molecule has 8 nitrogen and oxygen atoms in total. The summed E-state index contributed by atoms with van der Waals surface area (Å²) in [6.07, 6.45) is -0.411. The number of ether oxygens (including phenoxy) is 1. The van der Waals surface area contributed by atoms with Crippen molar-refractivity contribution in [2.24, 2.45) is 0 Å². The van der Waals surface area contributed by atoms with Crippen molar-refractivity contribution < 1.29 is 23.9 Å². The van der Waals surface area contributed by atoms with Gasteiger partial charge in [-0.15, -0.1) is 0 Å². The van der Waals surface area contributed by atoms with Crippen LogP contribution in [0.2, 0.25) is 5.15 Å². The van der Waals surface area contributed by atoms with E-state index in [0.717, 1.165) is 6.07 Å². The van der Waals surface area contributed by atoms with Gasteiger partial charge in [0.25, 0.3) is 5.69 Å². The molecule has 0 aliphatic carbocycles. The Balaban J connectivity index is 2.13. The van der Waals surface area contributed by atoms with Crippen molar-refractivity contribution >= 4 is 23.3 Å². The van der Waals surface area contributed by atoms with Crippen LogP contribution in [-0.2, 0) is 11.2 Å². The zero-order valence-corrected chi connectivity index (χ0v) is 12.5. The molecular formula is C14H7ClFN3O5. The fourth-order valence-electron chi connectivity index (χ4n) is 1.73. The molecule has 0 unspecified atom stereocenters. The number of carbonyl (C=O) groups is 1. The summed E-state index contributed by atoms with van der Waals surface area (Å²) in [6.45, 7) is 0. The number of hydrogen-bond donors (Lipinski definition) is 0. The lowest BCUT2D eigenvalue weighted by atomic mass is 10.1. The molecular weight excluding hydrogens is 345 g/mol. The summed E-state index contributed by atoms with van der Waals surface area (Å²) in [4.78, 5) is 29.0. The van der Waals surface area contributed by atoms with Gasteiger partial charge in [-0.05, 0) is 12.1 Å². The zero-order chi connectivity index (χ0) is 17.7. The molecule has 0 atom stereocenters. The van der Waals surface area contributed by atoms with Gasteiger partial charge in [-0.1, -0.05) is 11.6 Å². The molecule has 0 amide bonds. The summed E-state index contributed by atoms with van der Waals surface area (Å²) in [6, 6.07) is 7.59. The minimum atomic E-state index is -0.780. The van der Waals surface area contributed by atoms with E-state index in [1.807, 2.05) is 0 Å². The number of halogens is 2. The molecule has 2 rings (SSSR count). The lowest BCUT2D eigenvalue weighted by molar-refractivity contribution is -0.384. The Morgan fingerprint density at radius 2 is 2.08 bits per heavy atom. The fourth-order valence-corrected chi connectivity index (χ4v) is 1.92. The van der Waals surface area contributed by atoms with Crippen LogP contribution in [0, 0.1) is 21.4 Å². The highest BCUT2D eigenvalue weighted by atomic mass is 35.5. The van der Waals surface area contributed by atoms with Crippen LogP contribution in [0.1, 0.15) is 11.3 Å². The number of nitro groups is 1. The van der Waals surface area contributed by atoms with Crippen LogP contribution in [0.4, 0.5) is 10.2 Å². The average Bonchev–Trinajstić information content (AvgIpc) is 2.55. The van der Waals surface area contributed by atoms with Crippen LogP contribution in [0.3, 0.4) is 0 Å². The van der Waals surface area contributed by atoms with E-state index < -0.39 is 23.1 Å². The van der Waals surface area contributed by atoms with Gasteiger partial charge in [0.15, 0.2) is 5.15 Å². The minimum Gasteiger partial charge on any atom is -0.426 e. The number of nitrogens with zero attached hydrogens (tertiary/aromatic N) is 3. The first-order valence-corrected chi connectivity index (χ1v) is 6.65. The van der Waals surface area contributed by atoms with E-state index in [1.165, 1.54) is 24.3 Å². The van der Waals surface area contributed by atoms with E-state index in [0.29, 0.717) is 0 Å². The summed E-state index contributed by atoms with van der Waals surface area (Å²) in [5.74, 6) is -1.14. The summed E-state index contributed by atoms with van der Waals surface area (Å²) in [5, 5.41) is 19.2. The van der Waals surface area contributed by atoms with E-state index in [4.69, 9.17) is 21.6 Å². The first-order valence-electron chi connectivity index (χ1n) is 6.28. The number of pyridine rings is 1. The van der Waals surface area contributed by atoms with Gasteiger partial charge < -0.3 is 4.74 Å². The van der Waals surface area contributed by atoms with Crippen molar-refractivity contribution in [2.45, 2.75) is 6.42 Å². The van der Waals surface area contributed by atoms with E-state index in [-0.39, 0.29) is 27.8 Å². The number of non-ortho nitro benzene ring substituents is 1. The second-order valence-corrected chi connectivity index (χ2v) is 4.72. The molecule has 1 aromatic heterocycles. The van der Waals surface area contributed by atoms with Gasteiger partial charge in [-0.2, -0.15) is 5.26 Å². The first kappa shape index (κ1) is 17.1. The maximum Gasteiger partial charge on any atom is 0.317 e. The number of carbonyl (C=O) groups excluding carboxylic acids is 1. The lowest BCUT2D eigenvalue weighted by Crippen LogP contribution is -2.13. The van der Waals surface area contributed by atoms with Crippen molar-refractivity contribution in [1.82, 2.24) is 4.98 Å². The van der Waals surface area contributed by atoms with Crippen LogP contribution < -0.4 is 9.68 Å². The largest absolute Gasteiger partial charge is 0.426 e. The molecule has 0 bridgehead atoms. The van der Waals surface area contributed by atoms with Crippen LogP contribution in [0.15, 0.2) is 30.3 Å². The van der Waals surface area contributed by atoms with E-state index in [9.17, 15) is 19.4 Å². The molecule has 0 aliphatic heterocycles. The number of nitro benzene ring substituents is 1. The number of hydrogen-bond acceptors (Lipinski definition) is 7. The standard InChI is InChI=1S/C14H7ClFN3O5/c15-14-12(24-16)5-8(7-17)11(18-14)6-13(20)23-10-3-1-9(2-4-10)19(21)22/h1-5H,6H2. The Hall–Kier alpha value is -3.25. The van der Waals surface area contributed by atoms with Crippen LogP contribution >= 0.6 is 11.6 Å². The highest BCUT2D eigenvalue weighted by molar-refractivity contribution is 6.30. The summed E-state index contributed by atoms with van der Waals surface area (Å²) < 4.78 is 17.2. The number of aromatic nitrogens is 1. The Labute approximate surface area is 139 Å². The summed E-state index contributed by atoms with van der Waals surface area (Å²) >= 11 is 5.65. The Morgan fingerprint density at radius 1 is 1.42 bits per heavy atom. The van der Waals surface area contributed by atoms with Crippen LogP contribution in [0.25, 0.3) is 0 Å². The molecule has 122 valence electrons. The molecule has 1 heterocycles. The predicted molar refractivity (Wildman–Crippen MR) is 78.1 cm³/mol. The maximum absolute atomic E-state index is 12.2. The summed E-state index contributed by atoms with van der Waals surface area (Å²) in [5.41, 5.74) is -0.278. The molecule has 0 spiro atoms. The van der Waals surface area contributed by atoms with E-state index in [1.54, 1.807) is 6.07 Å². The van der Waals surface area contributed by atoms with E-state index >= 15 is 0 Å². The minimum absolute atomic E-state index is 0.0183. The first-order chi connectivity index (χ1) is 11.4. The molecule has 0 saturated heterocycles. The Morgan fingerprint density at radius 3 is 2.62 bits per heavy atom. The molecule has 0 N–H and O–H groups in total. The fraction of sp³-hybridized carbons (Fsp3) is 0.0714. The third-order valence-electron chi connectivity index (χ3n) is 2.82. The molecule has 24 heavy (non-hydrogen) atoms. The number of rotatable bonds is 5. The van der Waals surface area contributed by atoms with Crippen molar-refractivity contribution in [2.75, 3.05) is 0 Å². The van der Waals surface area contributed by atoms with Crippen LogP contribution in [-0.4, -0.2) is 15.9 Å². The average molecular weight is 352 g/mol. The number of nitriles is 1. The Bertz CT molecular complexity index is 836. The lowest BCUT2D eigenvalue weighted by Gasteiger charge is -2.06. The number of esters is 1. The van der Waals surface area contributed by atoms with Gasteiger partial charge in [0.1, 0.15) is 11.8 Å². The molecule has 0 radical (unpaired) electrons. The molecule has 0 saturated carbocycles. The Kier molecular flexibility index (Phi) is 5.23. The summed E-state index contributed by atoms with van der Waals surface area (Å²) in [7, 11) is 0. The SMILES string of the molecule is N#Cc1cc(OF)c(Cl)nc1CC(=O)Oc1ccc([N+](=O)[O-])cc1. The van der Waals surface area contributed by atoms with Crippen molar-refractivity contribution in [3.8, 4) is 17.6 Å². The normalized spacial score (nSPS) is 9.88. The van der Waals surface area contributed by atoms with Crippen molar-refractivity contribution in [3.63, 3.8) is 0 Å². The van der Waals surface area contributed by atoms with Gasteiger partial charge in [0, 0.05) is 22.7 Å². The van der Waals surface area contributed by atoms with Gasteiger partial charge >= 0.3 is 5.97 Å². The van der Waals surface area contributed by atoms with Crippen LogP contribution in [0.5, 0.6) is 11.5 Å². The van der Waals surface area contributed by atoms with Crippen molar-refractivity contribution in [3.05, 3.63) is 56.9 Å². The molecule has 1 aromatic carbocycles. The van der Waals surface area contributed by atoms with Crippen molar-refractivity contribution in [1.29, 1.82) is 5.26 Å². The molecule has 0 aliphatic rings. The molecule has 0 fully saturated rings. The second-order valence-electron chi connectivity index (χ2n) is 4.36. The third-order valence-corrected chi connectivity index (χ3v) is 3.09. The van der Waals surface area contributed by atoms with E-state index in [2.05, 4.69) is 9.93 Å². The van der Waals surface area contributed by atoms with Gasteiger partial charge in [-0.25, -0.2) is 4.98 Å².